The van der Waals surface area contributed by atoms with E-state index in [2.05, 4.69) is 5.32 Å². The quantitative estimate of drug-likeness (QED) is 0.407. The summed E-state index contributed by atoms with van der Waals surface area (Å²) in [5, 5.41) is 5.13. The molecule has 0 aromatic rings. The highest BCUT2D eigenvalue weighted by Crippen LogP contribution is 2.13. The van der Waals surface area contributed by atoms with Gasteiger partial charge < -0.3 is 10.1 Å². The van der Waals surface area contributed by atoms with Crippen molar-refractivity contribution in [2.75, 3.05) is 26.2 Å². The van der Waals surface area contributed by atoms with Gasteiger partial charge in [0, 0.05) is 19.6 Å². The number of morpholine rings is 1. The van der Waals surface area contributed by atoms with E-state index in [0.717, 1.165) is 26.2 Å². The van der Waals surface area contributed by atoms with Crippen molar-refractivity contribution in [1.82, 2.24) is 10.3 Å². The molecule has 0 aliphatic carbocycles. The van der Waals surface area contributed by atoms with E-state index in [1.807, 2.05) is 5.01 Å². The van der Waals surface area contributed by atoms with Crippen molar-refractivity contribution in [3.63, 3.8) is 0 Å². The van der Waals surface area contributed by atoms with Crippen LogP contribution in [0, 0.1) is 0 Å². The number of hydrogen-bond donors (Lipinski definition) is 2. The Labute approximate surface area is 60.3 Å². The zero-order valence-corrected chi connectivity index (χ0v) is 5.92. The van der Waals surface area contributed by atoms with E-state index in [1.54, 1.807) is 0 Å². The molecule has 3 N–H and O–H groups in total. The Kier molecular flexibility index (Phi) is 1.61. The van der Waals surface area contributed by atoms with Crippen LogP contribution in [-0.2, 0) is 4.74 Å². The predicted molar refractivity (Wildman–Crippen MR) is 37.3 cm³/mol. The molecule has 4 heteroatoms. The van der Waals surface area contributed by atoms with E-state index in [9.17, 15) is 0 Å². The molecule has 2 unspecified atom stereocenters. The van der Waals surface area contributed by atoms with Crippen molar-refractivity contribution in [2.24, 2.45) is 5.84 Å². The molecule has 0 radical (unpaired) electrons. The van der Waals surface area contributed by atoms with E-state index in [1.165, 1.54) is 0 Å². The van der Waals surface area contributed by atoms with Gasteiger partial charge in [0.05, 0.1) is 18.8 Å². The molecule has 2 fully saturated rings. The maximum absolute atomic E-state index is 5.73. The van der Waals surface area contributed by atoms with Crippen molar-refractivity contribution in [1.29, 1.82) is 0 Å². The minimum atomic E-state index is 0.332. The Morgan fingerprint density at radius 2 is 2.40 bits per heavy atom. The normalized spacial score (nSPS) is 41.7. The van der Waals surface area contributed by atoms with Crippen LogP contribution < -0.4 is 11.2 Å². The van der Waals surface area contributed by atoms with Gasteiger partial charge in [-0.15, -0.1) is 0 Å². The lowest BCUT2D eigenvalue weighted by Gasteiger charge is -2.33. The summed E-state index contributed by atoms with van der Waals surface area (Å²) in [5.41, 5.74) is 0. The summed E-state index contributed by atoms with van der Waals surface area (Å²) in [7, 11) is 0. The molecule has 0 saturated carbocycles. The third-order valence-corrected chi connectivity index (χ3v) is 2.24. The molecule has 10 heavy (non-hydrogen) atoms. The van der Waals surface area contributed by atoms with Gasteiger partial charge in [-0.1, -0.05) is 0 Å². The van der Waals surface area contributed by atoms with Crippen molar-refractivity contribution in [3.05, 3.63) is 0 Å². The number of ether oxygens (including phenoxy) is 1. The molecular formula is C6H13N3O. The molecule has 2 aliphatic heterocycles. The van der Waals surface area contributed by atoms with Crippen molar-refractivity contribution in [3.8, 4) is 0 Å². The molecule has 2 atom stereocenters. The van der Waals surface area contributed by atoms with Crippen LogP contribution in [0.4, 0.5) is 0 Å². The van der Waals surface area contributed by atoms with Gasteiger partial charge in [0.25, 0.3) is 0 Å². The number of nitrogens with zero attached hydrogens (tertiary/aromatic N) is 1. The molecule has 0 spiro atoms. The molecule has 58 valence electrons. The first-order chi connectivity index (χ1) is 4.88. The van der Waals surface area contributed by atoms with Gasteiger partial charge in [0.1, 0.15) is 0 Å². The summed E-state index contributed by atoms with van der Waals surface area (Å²) in [6.07, 6.45) is 0.332. The lowest BCUT2D eigenvalue weighted by atomic mass is 10.2. The Bertz CT molecular complexity index is 130. The van der Waals surface area contributed by atoms with Gasteiger partial charge in [-0.3, -0.25) is 5.84 Å². The highest BCUT2D eigenvalue weighted by atomic mass is 16.5. The van der Waals surface area contributed by atoms with Gasteiger partial charge in [-0.05, 0) is 0 Å². The highest BCUT2D eigenvalue weighted by Gasteiger charge is 2.34. The first-order valence-corrected chi connectivity index (χ1v) is 3.71. The van der Waals surface area contributed by atoms with Crippen LogP contribution in [0.1, 0.15) is 0 Å². The molecule has 2 rings (SSSR count). The summed E-state index contributed by atoms with van der Waals surface area (Å²) in [5.74, 6) is 5.73. The zero-order valence-electron chi connectivity index (χ0n) is 5.92. The first-order valence-electron chi connectivity index (χ1n) is 3.71. The van der Waals surface area contributed by atoms with Crippen molar-refractivity contribution < 1.29 is 4.74 Å². The number of nitrogens with two attached hydrogens (primary N) is 1. The molecule has 2 aliphatic rings. The fourth-order valence-electron chi connectivity index (χ4n) is 1.62. The van der Waals surface area contributed by atoms with Crippen LogP contribution in [0.3, 0.4) is 0 Å². The van der Waals surface area contributed by atoms with E-state index in [4.69, 9.17) is 10.6 Å². The number of hydrogen-bond acceptors (Lipinski definition) is 4. The fraction of sp³-hybridized carbons (Fsp3) is 1.00. The largest absolute Gasteiger partial charge is 0.374 e. The van der Waals surface area contributed by atoms with E-state index in [0.29, 0.717) is 12.1 Å². The Morgan fingerprint density at radius 3 is 3.20 bits per heavy atom. The summed E-state index contributed by atoms with van der Waals surface area (Å²) < 4.78 is 5.49. The topological polar surface area (TPSA) is 50.5 Å². The summed E-state index contributed by atoms with van der Waals surface area (Å²) in [6.45, 7) is 3.57. The molecule has 2 saturated heterocycles. The average molecular weight is 143 g/mol. The van der Waals surface area contributed by atoms with E-state index >= 15 is 0 Å². The predicted octanol–water partition coefficient (Wildman–Crippen LogP) is -1.47. The average Bonchev–Trinajstić information content (AvgIpc) is 2.36. The van der Waals surface area contributed by atoms with E-state index in [-0.39, 0.29) is 0 Å². The number of fused-ring (bicyclic) bond motifs is 1. The van der Waals surface area contributed by atoms with Gasteiger partial charge in [-0.25, -0.2) is 5.01 Å². The molecule has 0 amide bonds. The van der Waals surface area contributed by atoms with Crippen molar-refractivity contribution in [2.45, 2.75) is 12.1 Å². The monoisotopic (exact) mass is 143 g/mol. The van der Waals surface area contributed by atoms with Gasteiger partial charge >= 0.3 is 0 Å². The second-order valence-electron chi connectivity index (χ2n) is 2.87. The minimum absolute atomic E-state index is 0.332. The lowest BCUT2D eigenvalue weighted by molar-refractivity contribution is -0.0472. The Morgan fingerprint density at radius 1 is 1.50 bits per heavy atom. The molecule has 0 aromatic heterocycles. The van der Waals surface area contributed by atoms with Crippen LogP contribution in [0.15, 0.2) is 0 Å². The highest BCUT2D eigenvalue weighted by molar-refractivity contribution is 4.90. The minimum Gasteiger partial charge on any atom is -0.374 e. The van der Waals surface area contributed by atoms with Crippen LogP contribution >= 0.6 is 0 Å². The third kappa shape index (κ3) is 0.932. The van der Waals surface area contributed by atoms with Gasteiger partial charge in [-0.2, -0.15) is 0 Å². The lowest BCUT2D eigenvalue weighted by Crippen LogP contribution is -2.54. The second kappa shape index (κ2) is 2.47. The summed E-state index contributed by atoms with van der Waals surface area (Å²) in [4.78, 5) is 0. The van der Waals surface area contributed by atoms with E-state index < -0.39 is 0 Å². The first kappa shape index (κ1) is 6.54. The van der Waals surface area contributed by atoms with Gasteiger partial charge in [0.15, 0.2) is 0 Å². The van der Waals surface area contributed by atoms with Crippen LogP contribution in [-0.4, -0.2) is 43.4 Å². The maximum Gasteiger partial charge on any atom is 0.0881 e. The second-order valence-corrected chi connectivity index (χ2v) is 2.87. The van der Waals surface area contributed by atoms with Gasteiger partial charge in [0.2, 0.25) is 0 Å². The van der Waals surface area contributed by atoms with Crippen LogP contribution in [0.5, 0.6) is 0 Å². The van der Waals surface area contributed by atoms with Crippen LogP contribution in [0.25, 0.3) is 0 Å². The number of nitrogens with one attached hydrogen (secondary N) is 1. The zero-order chi connectivity index (χ0) is 6.97. The number of rotatable bonds is 0. The van der Waals surface area contributed by atoms with Crippen LogP contribution in [0.2, 0.25) is 0 Å². The summed E-state index contributed by atoms with van der Waals surface area (Å²) in [6, 6.07) is 0.411. The molecule has 0 aromatic carbocycles. The SMILES string of the molecule is NN1CCOC2CNCC21. The van der Waals surface area contributed by atoms with Crippen molar-refractivity contribution >= 4 is 0 Å². The molecular weight excluding hydrogens is 130 g/mol. The molecule has 2 heterocycles. The molecule has 4 nitrogen and oxygen atoms in total. The number of hydrazine groups is 1. The Balaban J connectivity index is 2.03. The molecule has 0 bridgehead atoms. The summed E-state index contributed by atoms with van der Waals surface area (Å²) >= 11 is 0. The standard InChI is InChI=1S/C6H13N3O/c7-9-1-2-10-6-4-8-3-5(6)9/h5-6,8H,1-4,7H2. The fourth-order valence-corrected chi connectivity index (χ4v) is 1.62. The third-order valence-electron chi connectivity index (χ3n) is 2.24. The smallest absolute Gasteiger partial charge is 0.0881 e. The Hall–Kier alpha value is -0.160. The maximum atomic E-state index is 5.73.